The Morgan fingerprint density at radius 3 is 2.90 bits per heavy atom. The molecule has 0 spiro atoms. The first-order valence-electron chi connectivity index (χ1n) is 6.92. The molecule has 0 fully saturated rings. The third-order valence-corrected chi connectivity index (χ3v) is 3.50. The quantitative estimate of drug-likeness (QED) is 0.846. The van der Waals surface area contributed by atoms with E-state index in [1.165, 1.54) is 0 Å². The zero-order valence-electron chi connectivity index (χ0n) is 11.6. The van der Waals surface area contributed by atoms with Gasteiger partial charge in [-0.25, -0.2) is 4.98 Å². The monoisotopic (exact) mass is 269 g/mol. The molecule has 104 valence electrons. The summed E-state index contributed by atoms with van der Waals surface area (Å²) >= 11 is 0. The fourth-order valence-electron chi connectivity index (χ4n) is 2.18. The number of hydrogen-bond acceptors (Lipinski definition) is 4. The van der Waals surface area contributed by atoms with Gasteiger partial charge in [-0.2, -0.15) is 5.26 Å². The van der Waals surface area contributed by atoms with Gasteiger partial charge in [0.25, 0.3) is 0 Å². The van der Waals surface area contributed by atoms with Crippen molar-refractivity contribution in [3.63, 3.8) is 0 Å². The maximum atomic E-state index is 8.99. The van der Waals surface area contributed by atoms with Crippen LogP contribution in [0.2, 0.25) is 0 Å². The number of aliphatic hydroxyl groups excluding tert-OH is 1. The van der Waals surface area contributed by atoms with Crippen molar-refractivity contribution in [2.45, 2.75) is 19.8 Å². The summed E-state index contributed by atoms with van der Waals surface area (Å²) in [6.07, 6.45) is 1.84. The number of aromatic nitrogens is 1. The van der Waals surface area contributed by atoms with Crippen LogP contribution in [0.3, 0.4) is 0 Å². The number of nitrogens with zero attached hydrogens (tertiary/aromatic N) is 2. The van der Waals surface area contributed by atoms with Crippen molar-refractivity contribution >= 4 is 16.7 Å². The molecular formula is C16H19N3O. The fourth-order valence-corrected chi connectivity index (χ4v) is 2.18. The molecule has 20 heavy (non-hydrogen) atoms. The lowest BCUT2D eigenvalue weighted by molar-refractivity contribution is 0.258. The summed E-state index contributed by atoms with van der Waals surface area (Å²) in [7, 11) is 0. The Morgan fingerprint density at radius 1 is 1.35 bits per heavy atom. The van der Waals surface area contributed by atoms with Gasteiger partial charge < -0.3 is 10.4 Å². The maximum absolute atomic E-state index is 8.99. The molecule has 0 aliphatic rings. The molecule has 0 saturated carbocycles. The third kappa shape index (κ3) is 3.46. The predicted octanol–water partition coefficient (Wildman–Crippen LogP) is 2.93. The second-order valence-electron chi connectivity index (χ2n) is 4.88. The van der Waals surface area contributed by atoms with Gasteiger partial charge in [0.05, 0.1) is 17.1 Å². The van der Waals surface area contributed by atoms with Crippen molar-refractivity contribution in [2.24, 2.45) is 5.92 Å². The van der Waals surface area contributed by atoms with Crippen LogP contribution in [-0.4, -0.2) is 23.2 Å². The van der Waals surface area contributed by atoms with E-state index in [0.717, 1.165) is 36.1 Å². The largest absolute Gasteiger partial charge is 0.396 e. The number of pyridine rings is 1. The van der Waals surface area contributed by atoms with E-state index in [9.17, 15) is 0 Å². The van der Waals surface area contributed by atoms with Gasteiger partial charge in [-0.1, -0.05) is 13.3 Å². The number of nitriles is 1. The number of benzene rings is 1. The van der Waals surface area contributed by atoms with Crippen LogP contribution in [0.1, 0.15) is 25.3 Å². The fraction of sp³-hybridized carbons (Fsp3) is 0.375. The van der Waals surface area contributed by atoms with Crippen LogP contribution in [0.15, 0.2) is 30.3 Å². The Morgan fingerprint density at radius 2 is 2.20 bits per heavy atom. The van der Waals surface area contributed by atoms with E-state index in [4.69, 9.17) is 10.4 Å². The number of aliphatic hydroxyl groups is 1. The Kier molecular flexibility index (Phi) is 4.91. The lowest BCUT2D eigenvalue weighted by Crippen LogP contribution is -2.15. The van der Waals surface area contributed by atoms with Gasteiger partial charge in [0.2, 0.25) is 0 Å². The molecule has 2 N–H and O–H groups in total. The molecule has 0 radical (unpaired) electrons. The normalized spacial score (nSPS) is 12.1. The van der Waals surface area contributed by atoms with Gasteiger partial charge in [-0.3, -0.25) is 0 Å². The summed E-state index contributed by atoms with van der Waals surface area (Å²) in [4.78, 5) is 4.53. The molecule has 1 aromatic carbocycles. The first-order valence-corrected chi connectivity index (χ1v) is 6.92. The molecule has 4 heteroatoms. The molecule has 2 rings (SSSR count). The van der Waals surface area contributed by atoms with Gasteiger partial charge >= 0.3 is 0 Å². The van der Waals surface area contributed by atoms with Crippen molar-refractivity contribution in [1.82, 2.24) is 4.98 Å². The Bertz CT molecular complexity index is 619. The summed E-state index contributed by atoms with van der Waals surface area (Å²) in [5.41, 5.74) is 1.53. The average molecular weight is 269 g/mol. The van der Waals surface area contributed by atoms with Gasteiger partial charge in [-0.15, -0.1) is 0 Å². The number of hydrogen-bond donors (Lipinski definition) is 2. The van der Waals surface area contributed by atoms with Gasteiger partial charge in [0.1, 0.15) is 5.82 Å². The average Bonchev–Trinajstić information content (AvgIpc) is 2.50. The van der Waals surface area contributed by atoms with Crippen LogP contribution in [0, 0.1) is 17.2 Å². The molecule has 1 heterocycles. The summed E-state index contributed by atoms with van der Waals surface area (Å²) in [5.74, 6) is 1.29. The molecule has 1 aromatic heterocycles. The van der Waals surface area contributed by atoms with Gasteiger partial charge in [-0.05, 0) is 42.7 Å². The summed E-state index contributed by atoms with van der Waals surface area (Å²) in [6.45, 7) is 3.16. The molecule has 1 atom stereocenters. The van der Waals surface area contributed by atoms with Gasteiger partial charge in [0, 0.05) is 18.5 Å². The van der Waals surface area contributed by atoms with E-state index in [1.54, 1.807) is 6.07 Å². The van der Waals surface area contributed by atoms with E-state index in [2.05, 4.69) is 23.3 Å². The zero-order chi connectivity index (χ0) is 14.4. The highest BCUT2D eigenvalue weighted by molar-refractivity contribution is 5.81. The Balaban J connectivity index is 2.10. The topological polar surface area (TPSA) is 68.9 Å². The lowest BCUT2D eigenvalue weighted by atomic mass is 10.0. The molecule has 0 bridgehead atoms. The zero-order valence-corrected chi connectivity index (χ0v) is 11.6. The highest BCUT2D eigenvalue weighted by Crippen LogP contribution is 2.17. The lowest BCUT2D eigenvalue weighted by Gasteiger charge is -2.15. The highest BCUT2D eigenvalue weighted by atomic mass is 16.3. The van der Waals surface area contributed by atoms with Crippen LogP contribution in [0.25, 0.3) is 10.9 Å². The Hall–Kier alpha value is -2.12. The molecule has 0 amide bonds. The minimum absolute atomic E-state index is 0.224. The summed E-state index contributed by atoms with van der Waals surface area (Å²) in [6, 6.07) is 11.5. The third-order valence-electron chi connectivity index (χ3n) is 3.50. The smallest absolute Gasteiger partial charge is 0.126 e. The minimum Gasteiger partial charge on any atom is -0.396 e. The van der Waals surface area contributed by atoms with E-state index in [1.807, 2.05) is 24.3 Å². The highest BCUT2D eigenvalue weighted by Gasteiger charge is 2.06. The molecule has 0 aliphatic carbocycles. The molecule has 0 unspecified atom stereocenters. The van der Waals surface area contributed by atoms with Crippen molar-refractivity contribution in [3.05, 3.63) is 35.9 Å². The van der Waals surface area contributed by atoms with Crippen LogP contribution in [-0.2, 0) is 0 Å². The standard InChI is InChI=1S/C16H19N3O/c1-2-12(7-8-20)11-18-16-6-4-14-9-13(10-17)3-5-15(14)19-16/h3-6,9,12,20H,2,7-8,11H2,1H3,(H,18,19)/t12-/m1/s1. The van der Waals surface area contributed by atoms with Crippen molar-refractivity contribution in [3.8, 4) is 6.07 Å². The van der Waals surface area contributed by atoms with Gasteiger partial charge in [0.15, 0.2) is 0 Å². The van der Waals surface area contributed by atoms with E-state index >= 15 is 0 Å². The van der Waals surface area contributed by atoms with Crippen molar-refractivity contribution in [2.75, 3.05) is 18.5 Å². The molecule has 2 aromatic rings. The summed E-state index contributed by atoms with van der Waals surface area (Å²) < 4.78 is 0. The van der Waals surface area contributed by atoms with Crippen LogP contribution < -0.4 is 5.32 Å². The minimum atomic E-state index is 0.224. The molecule has 4 nitrogen and oxygen atoms in total. The first-order chi connectivity index (χ1) is 9.76. The molecule has 0 aliphatic heterocycles. The summed E-state index contributed by atoms with van der Waals surface area (Å²) in [5, 5.41) is 22.1. The van der Waals surface area contributed by atoms with E-state index < -0.39 is 0 Å². The second kappa shape index (κ2) is 6.88. The number of anilines is 1. The SMILES string of the molecule is CC[C@H](CCO)CNc1ccc2cc(C#N)ccc2n1. The molecule has 0 saturated heterocycles. The number of fused-ring (bicyclic) bond motifs is 1. The number of rotatable bonds is 6. The van der Waals surface area contributed by atoms with Crippen molar-refractivity contribution in [1.29, 1.82) is 5.26 Å². The first kappa shape index (κ1) is 14.3. The van der Waals surface area contributed by atoms with Crippen LogP contribution in [0.5, 0.6) is 0 Å². The second-order valence-corrected chi connectivity index (χ2v) is 4.88. The van der Waals surface area contributed by atoms with E-state index in [0.29, 0.717) is 11.5 Å². The molecular weight excluding hydrogens is 250 g/mol. The van der Waals surface area contributed by atoms with Crippen LogP contribution in [0.4, 0.5) is 5.82 Å². The van der Waals surface area contributed by atoms with Crippen LogP contribution >= 0.6 is 0 Å². The Labute approximate surface area is 119 Å². The number of nitrogens with one attached hydrogen (secondary N) is 1. The van der Waals surface area contributed by atoms with E-state index in [-0.39, 0.29) is 6.61 Å². The van der Waals surface area contributed by atoms with Crippen molar-refractivity contribution < 1.29 is 5.11 Å². The predicted molar refractivity (Wildman–Crippen MR) is 80.4 cm³/mol. The maximum Gasteiger partial charge on any atom is 0.126 e.